The van der Waals surface area contributed by atoms with Crippen LogP contribution in [0, 0.1) is 0 Å². The van der Waals surface area contributed by atoms with Crippen LogP contribution in [-0.2, 0) is 14.9 Å². The van der Waals surface area contributed by atoms with E-state index in [4.69, 9.17) is 9.47 Å². The summed E-state index contributed by atoms with van der Waals surface area (Å²) >= 11 is 0. The number of rotatable bonds is 5. The highest BCUT2D eigenvalue weighted by atomic mass is 16.5. The Morgan fingerprint density at radius 2 is 1.81 bits per heavy atom. The molecule has 170 valence electrons. The summed E-state index contributed by atoms with van der Waals surface area (Å²) in [7, 11) is 0. The first-order valence-electron chi connectivity index (χ1n) is 11.3. The fraction of sp³-hybridized carbons (Fsp3) is 0.462. The fourth-order valence-corrected chi connectivity index (χ4v) is 4.39. The number of fused-ring (bicyclic) bond motifs is 1. The highest BCUT2D eigenvalue weighted by molar-refractivity contribution is 6.13. The van der Waals surface area contributed by atoms with E-state index in [1.54, 1.807) is 11.0 Å². The summed E-state index contributed by atoms with van der Waals surface area (Å²) < 4.78 is 11.3. The number of hydrogen-bond acceptors (Lipinski definition) is 4. The molecule has 0 bridgehead atoms. The SMILES string of the molecule is CC(C)Oc1cccc(N2C(=O)C(C)(C)c3cc(C(=O)NC4(C)CCOCC4)ccc32)c1. The monoisotopic (exact) mass is 436 g/mol. The number of anilines is 2. The normalized spacial score (nSPS) is 19.1. The number of ether oxygens (including phenoxy) is 2. The Kier molecular flexibility index (Phi) is 5.76. The number of hydrogen-bond donors (Lipinski definition) is 1. The van der Waals surface area contributed by atoms with Gasteiger partial charge in [-0.1, -0.05) is 6.07 Å². The second kappa shape index (κ2) is 8.24. The maximum atomic E-state index is 13.4. The van der Waals surface area contributed by atoms with Gasteiger partial charge in [0.15, 0.2) is 0 Å². The highest BCUT2D eigenvalue weighted by Crippen LogP contribution is 2.46. The molecule has 2 heterocycles. The summed E-state index contributed by atoms with van der Waals surface area (Å²) in [4.78, 5) is 28.2. The minimum atomic E-state index is -0.747. The molecular formula is C26H32N2O4. The average Bonchev–Trinajstić information content (AvgIpc) is 2.93. The van der Waals surface area contributed by atoms with Gasteiger partial charge in [0.05, 0.1) is 22.9 Å². The Balaban J connectivity index is 1.66. The molecule has 0 aromatic heterocycles. The summed E-state index contributed by atoms with van der Waals surface area (Å²) in [5.41, 5.74) is 1.95. The first kappa shape index (κ1) is 22.3. The predicted molar refractivity (Wildman–Crippen MR) is 125 cm³/mol. The number of nitrogens with zero attached hydrogens (tertiary/aromatic N) is 1. The van der Waals surface area contributed by atoms with Crippen LogP contribution in [0.4, 0.5) is 11.4 Å². The Hall–Kier alpha value is -2.86. The summed E-state index contributed by atoms with van der Waals surface area (Å²) in [6.45, 7) is 11.1. The third-order valence-electron chi connectivity index (χ3n) is 6.37. The zero-order valence-electron chi connectivity index (χ0n) is 19.5. The molecule has 2 aromatic carbocycles. The summed E-state index contributed by atoms with van der Waals surface area (Å²) in [5.74, 6) is 0.576. The molecule has 0 radical (unpaired) electrons. The van der Waals surface area contributed by atoms with Crippen molar-refractivity contribution in [2.75, 3.05) is 18.1 Å². The van der Waals surface area contributed by atoms with Gasteiger partial charge in [0, 0.05) is 30.4 Å². The minimum Gasteiger partial charge on any atom is -0.491 e. The molecule has 2 amide bonds. The lowest BCUT2D eigenvalue weighted by Gasteiger charge is -2.34. The zero-order chi connectivity index (χ0) is 23.1. The summed E-state index contributed by atoms with van der Waals surface area (Å²) in [6.07, 6.45) is 1.62. The molecular weight excluding hydrogens is 404 g/mol. The van der Waals surface area contributed by atoms with Gasteiger partial charge in [-0.25, -0.2) is 0 Å². The van der Waals surface area contributed by atoms with Gasteiger partial charge >= 0.3 is 0 Å². The van der Waals surface area contributed by atoms with Gasteiger partial charge in [-0.15, -0.1) is 0 Å². The van der Waals surface area contributed by atoms with Crippen molar-refractivity contribution in [1.82, 2.24) is 5.32 Å². The molecule has 32 heavy (non-hydrogen) atoms. The molecule has 2 aliphatic heterocycles. The minimum absolute atomic E-state index is 0.0249. The van der Waals surface area contributed by atoms with Gasteiger partial charge in [0.1, 0.15) is 5.75 Å². The molecule has 6 heteroatoms. The van der Waals surface area contributed by atoms with Crippen molar-refractivity contribution in [3.05, 3.63) is 53.6 Å². The first-order chi connectivity index (χ1) is 15.1. The van der Waals surface area contributed by atoms with Crippen LogP contribution in [0.25, 0.3) is 0 Å². The van der Waals surface area contributed by atoms with Gasteiger partial charge < -0.3 is 14.8 Å². The van der Waals surface area contributed by atoms with Gasteiger partial charge in [-0.2, -0.15) is 0 Å². The van der Waals surface area contributed by atoms with E-state index < -0.39 is 5.41 Å². The lowest BCUT2D eigenvalue weighted by atomic mass is 9.85. The molecule has 1 fully saturated rings. The molecule has 2 aromatic rings. The van der Waals surface area contributed by atoms with Crippen LogP contribution in [0.1, 0.15) is 63.4 Å². The molecule has 2 aliphatic rings. The topological polar surface area (TPSA) is 67.9 Å². The van der Waals surface area contributed by atoms with Crippen LogP contribution in [0.5, 0.6) is 5.75 Å². The molecule has 4 rings (SSSR count). The molecule has 1 saturated heterocycles. The van der Waals surface area contributed by atoms with E-state index in [0.29, 0.717) is 18.8 Å². The summed E-state index contributed by atoms with van der Waals surface area (Å²) in [5, 5.41) is 3.18. The maximum Gasteiger partial charge on any atom is 0.251 e. The van der Waals surface area contributed by atoms with Crippen LogP contribution >= 0.6 is 0 Å². The lowest BCUT2D eigenvalue weighted by Crippen LogP contribution is -2.49. The third kappa shape index (κ3) is 4.11. The number of amides is 2. The molecule has 0 aliphatic carbocycles. The van der Waals surface area contributed by atoms with Crippen molar-refractivity contribution in [2.45, 2.75) is 64.5 Å². The Morgan fingerprint density at radius 1 is 1.09 bits per heavy atom. The first-order valence-corrected chi connectivity index (χ1v) is 11.3. The van der Waals surface area contributed by atoms with E-state index in [9.17, 15) is 9.59 Å². The predicted octanol–water partition coefficient (Wildman–Crippen LogP) is 4.73. The van der Waals surface area contributed by atoms with Crippen LogP contribution in [0.3, 0.4) is 0 Å². The average molecular weight is 437 g/mol. The maximum absolute atomic E-state index is 13.4. The number of carbonyl (C=O) groups excluding carboxylic acids is 2. The van der Waals surface area contributed by atoms with E-state index in [2.05, 4.69) is 12.2 Å². The number of carbonyl (C=O) groups is 2. The van der Waals surface area contributed by atoms with Crippen molar-refractivity contribution in [3.63, 3.8) is 0 Å². The van der Waals surface area contributed by atoms with Crippen LogP contribution in [0.2, 0.25) is 0 Å². The third-order valence-corrected chi connectivity index (χ3v) is 6.37. The molecule has 0 spiro atoms. The highest BCUT2D eigenvalue weighted by Gasteiger charge is 2.45. The van der Waals surface area contributed by atoms with Gasteiger partial charge in [0.2, 0.25) is 5.91 Å². The second-order valence-corrected chi connectivity index (χ2v) is 9.79. The Bertz CT molecular complexity index is 1040. The Labute approximate surface area is 189 Å². The van der Waals surface area contributed by atoms with Gasteiger partial charge in [-0.05, 0) is 83.4 Å². The molecule has 0 atom stereocenters. The number of benzene rings is 2. The van der Waals surface area contributed by atoms with E-state index in [0.717, 1.165) is 35.5 Å². The van der Waals surface area contributed by atoms with Crippen LogP contribution < -0.4 is 15.0 Å². The molecule has 6 nitrogen and oxygen atoms in total. The van der Waals surface area contributed by atoms with E-state index in [1.165, 1.54) is 0 Å². The van der Waals surface area contributed by atoms with Crippen molar-refractivity contribution in [2.24, 2.45) is 0 Å². The van der Waals surface area contributed by atoms with Crippen LogP contribution in [-0.4, -0.2) is 36.7 Å². The van der Waals surface area contributed by atoms with Crippen molar-refractivity contribution in [3.8, 4) is 5.75 Å². The summed E-state index contributed by atoms with van der Waals surface area (Å²) in [6, 6.07) is 13.1. The standard InChI is InChI=1S/C26H32N2O4/c1-17(2)32-20-8-6-7-19(16-20)28-22-10-9-18(15-21(22)25(3,4)24(28)30)23(29)27-26(5)11-13-31-14-12-26/h6-10,15-17H,11-14H2,1-5H3,(H,27,29). The van der Waals surface area contributed by atoms with Crippen molar-refractivity contribution in [1.29, 1.82) is 0 Å². The van der Waals surface area contributed by atoms with E-state index >= 15 is 0 Å². The van der Waals surface area contributed by atoms with Crippen molar-refractivity contribution < 1.29 is 19.1 Å². The smallest absolute Gasteiger partial charge is 0.251 e. The Morgan fingerprint density at radius 3 is 2.50 bits per heavy atom. The van der Waals surface area contributed by atoms with Crippen LogP contribution in [0.15, 0.2) is 42.5 Å². The second-order valence-electron chi connectivity index (χ2n) is 9.79. The number of nitrogens with one attached hydrogen (secondary N) is 1. The molecule has 1 N–H and O–H groups in total. The van der Waals surface area contributed by atoms with Gasteiger partial charge in [0.25, 0.3) is 5.91 Å². The quantitative estimate of drug-likeness (QED) is 0.736. The van der Waals surface area contributed by atoms with E-state index in [-0.39, 0.29) is 23.5 Å². The molecule has 0 saturated carbocycles. The zero-order valence-corrected chi connectivity index (χ0v) is 19.5. The van der Waals surface area contributed by atoms with E-state index in [1.807, 2.05) is 64.1 Å². The fourth-order valence-electron chi connectivity index (χ4n) is 4.39. The molecule has 0 unspecified atom stereocenters. The van der Waals surface area contributed by atoms with Crippen molar-refractivity contribution >= 4 is 23.2 Å². The van der Waals surface area contributed by atoms with Gasteiger partial charge in [-0.3, -0.25) is 14.5 Å². The largest absolute Gasteiger partial charge is 0.491 e. The lowest BCUT2D eigenvalue weighted by molar-refractivity contribution is -0.121.